The fourth-order valence-corrected chi connectivity index (χ4v) is 1.57. The summed E-state index contributed by atoms with van der Waals surface area (Å²) in [4.78, 5) is 21.8. The average Bonchev–Trinajstić information content (AvgIpc) is 2.33. The van der Waals surface area contributed by atoms with Gasteiger partial charge in [-0.2, -0.15) is 0 Å². The molecule has 19 heavy (non-hydrogen) atoms. The molecule has 100 valence electrons. The van der Waals surface area contributed by atoms with Gasteiger partial charge >= 0.3 is 5.97 Å². The van der Waals surface area contributed by atoms with Crippen LogP contribution in [0.2, 0.25) is 0 Å². The third-order valence-corrected chi connectivity index (χ3v) is 2.71. The Balaban J connectivity index is 2.95. The summed E-state index contributed by atoms with van der Waals surface area (Å²) >= 11 is 0.996. The van der Waals surface area contributed by atoms with Crippen LogP contribution in [0.4, 0.5) is 8.78 Å². The largest absolute Gasteiger partial charge is 0.465 e. The summed E-state index contributed by atoms with van der Waals surface area (Å²) in [6, 6.07) is 1.89. The third-order valence-electron chi connectivity index (χ3n) is 2.01. The SMILES string of the molecule is COC(=O)c1c(F)cc(C#CCSC(C)=O)cc1F. The van der Waals surface area contributed by atoms with Crippen LogP contribution in [0.5, 0.6) is 0 Å². The van der Waals surface area contributed by atoms with E-state index in [0.29, 0.717) is 0 Å². The molecule has 6 heteroatoms. The van der Waals surface area contributed by atoms with Crippen molar-refractivity contribution >= 4 is 22.8 Å². The fourth-order valence-electron chi connectivity index (χ4n) is 1.22. The van der Waals surface area contributed by atoms with Gasteiger partial charge in [-0.15, -0.1) is 0 Å². The van der Waals surface area contributed by atoms with Crippen molar-refractivity contribution in [3.63, 3.8) is 0 Å². The Morgan fingerprint density at radius 1 is 1.32 bits per heavy atom. The molecular formula is C13H10F2O3S. The van der Waals surface area contributed by atoms with E-state index >= 15 is 0 Å². The lowest BCUT2D eigenvalue weighted by Crippen LogP contribution is -2.08. The van der Waals surface area contributed by atoms with Gasteiger partial charge < -0.3 is 4.74 Å². The second kappa shape index (κ2) is 6.90. The van der Waals surface area contributed by atoms with Crippen LogP contribution < -0.4 is 0 Å². The number of thioether (sulfide) groups is 1. The molecule has 0 saturated carbocycles. The number of rotatable bonds is 2. The molecule has 0 amide bonds. The number of halogens is 2. The number of hydrogen-bond acceptors (Lipinski definition) is 4. The van der Waals surface area contributed by atoms with Gasteiger partial charge in [0.15, 0.2) is 5.12 Å². The van der Waals surface area contributed by atoms with Crippen molar-refractivity contribution in [2.45, 2.75) is 6.92 Å². The number of esters is 1. The number of benzene rings is 1. The van der Waals surface area contributed by atoms with Crippen LogP contribution in [-0.4, -0.2) is 23.9 Å². The summed E-state index contributed by atoms with van der Waals surface area (Å²) in [7, 11) is 1.04. The topological polar surface area (TPSA) is 43.4 Å². The molecule has 0 aliphatic heterocycles. The van der Waals surface area contributed by atoms with Crippen molar-refractivity contribution in [3.05, 3.63) is 34.9 Å². The first-order valence-corrected chi connectivity index (χ1v) is 6.14. The number of ether oxygens (including phenoxy) is 1. The highest BCUT2D eigenvalue weighted by molar-refractivity contribution is 8.13. The van der Waals surface area contributed by atoms with Gasteiger partial charge in [0, 0.05) is 12.5 Å². The van der Waals surface area contributed by atoms with Crippen molar-refractivity contribution in [3.8, 4) is 11.8 Å². The van der Waals surface area contributed by atoms with Crippen LogP contribution in [0.15, 0.2) is 12.1 Å². The quantitative estimate of drug-likeness (QED) is 0.618. The molecule has 0 radical (unpaired) electrons. The van der Waals surface area contributed by atoms with Crippen molar-refractivity contribution in [1.29, 1.82) is 0 Å². The predicted octanol–water partition coefficient (Wildman–Crippen LogP) is 2.38. The number of carbonyl (C=O) groups is 2. The summed E-state index contributed by atoms with van der Waals surface area (Å²) in [5.41, 5.74) is -0.655. The lowest BCUT2D eigenvalue weighted by molar-refractivity contribution is -0.109. The molecule has 1 rings (SSSR count). The van der Waals surface area contributed by atoms with Crippen molar-refractivity contribution in [1.82, 2.24) is 0 Å². The minimum absolute atomic E-state index is 0.0896. The molecule has 1 aromatic carbocycles. The van der Waals surface area contributed by atoms with Crippen LogP contribution in [0.25, 0.3) is 0 Å². The van der Waals surface area contributed by atoms with E-state index < -0.39 is 23.2 Å². The maximum absolute atomic E-state index is 13.5. The molecule has 0 aromatic heterocycles. The van der Waals surface area contributed by atoms with E-state index in [1.54, 1.807) is 0 Å². The van der Waals surface area contributed by atoms with Crippen LogP contribution in [0.1, 0.15) is 22.8 Å². The summed E-state index contributed by atoms with van der Waals surface area (Å²) < 4.78 is 31.3. The van der Waals surface area contributed by atoms with Crippen LogP contribution in [-0.2, 0) is 9.53 Å². The van der Waals surface area contributed by atoms with Gasteiger partial charge in [-0.05, 0) is 12.1 Å². The van der Waals surface area contributed by atoms with Crippen LogP contribution >= 0.6 is 11.8 Å². The first-order valence-electron chi connectivity index (χ1n) is 5.15. The Hall–Kier alpha value is -1.87. The smallest absolute Gasteiger partial charge is 0.343 e. The van der Waals surface area contributed by atoms with Gasteiger partial charge in [0.1, 0.15) is 17.2 Å². The lowest BCUT2D eigenvalue weighted by Gasteiger charge is -2.03. The molecule has 0 N–H and O–H groups in total. The molecular weight excluding hydrogens is 274 g/mol. The van der Waals surface area contributed by atoms with E-state index in [0.717, 1.165) is 31.0 Å². The number of hydrogen-bond donors (Lipinski definition) is 0. The highest BCUT2D eigenvalue weighted by atomic mass is 32.2. The van der Waals surface area contributed by atoms with Gasteiger partial charge in [0.05, 0.1) is 12.9 Å². The van der Waals surface area contributed by atoms with Gasteiger partial charge in [-0.3, -0.25) is 4.79 Å². The zero-order valence-corrected chi connectivity index (χ0v) is 11.1. The Labute approximate surface area is 113 Å². The van der Waals surface area contributed by atoms with Gasteiger partial charge in [0.25, 0.3) is 0 Å². The molecule has 0 aliphatic carbocycles. The molecule has 0 heterocycles. The van der Waals surface area contributed by atoms with E-state index in [4.69, 9.17) is 0 Å². The highest BCUT2D eigenvalue weighted by Gasteiger charge is 2.18. The summed E-state index contributed by atoms with van der Waals surface area (Å²) in [6.45, 7) is 1.40. The van der Waals surface area contributed by atoms with E-state index in [2.05, 4.69) is 16.6 Å². The Kier molecular flexibility index (Phi) is 5.52. The molecule has 0 fully saturated rings. The second-order valence-corrected chi connectivity index (χ2v) is 4.54. The third kappa shape index (κ3) is 4.38. The minimum Gasteiger partial charge on any atom is -0.465 e. The van der Waals surface area contributed by atoms with Crippen molar-refractivity contribution in [2.24, 2.45) is 0 Å². The first kappa shape index (κ1) is 15.2. The van der Waals surface area contributed by atoms with Gasteiger partial charge in [0.2, 0.25) is 0 Å². The monoisotopic (exact) mass is 284 g/mol. The van der Waals surface area contributed by atoms with Crippen molar-refractivity contribution in [2.75, 3.05) is 12.9 Å². The number of methoxy groups -OCH3 is 1. The second-order valence-electron chi connectivity index (χ2n) is 3.39. The Bertz CT molecular complexity index is 550. The molecule has 0 unspecified atom stereocenters. The fraction of sp³-hybridized carbons (Fsp3) is 0.231. The van der Waals surface area contributed by atoms with Crippen LogP contribution in [0, 0.1) is 23.5 Å². The minimum atomic E-state index is -1.08. The zero-order valence-electron chi connectivity index (χ0n) is 10.3. The molecule has 0 spiro atoms. The Morgan fingerprint density at radius 3 is 2.37 bits per heavy atom. The first-order chi connectivity index (χ1) is 8.95. The molecule has 0 aliphatic rings. The van der Waals surface area contributed by atoms with Gasteiger partial charge in [-0.1, -0.05) is 23.6 Å². The zero-order chi connectivity index (χ0) is 14.4. The summed E-state index contributed by atoms with van der Waals surface area (Å²) in [5.74, 6) is 2.19. The van der Waals surface area contributed by atoms with Gasteiger partial charge in [-0.25, -0.2) is 13.6 Å². The normalized spacial score (nSPS) is 9.47. The summed E-state index contributed by atoms with van der Waals surface area (Å²) in [5, 5.41) is -0.0901. The number of carbonyl (C=O) groups excluding carboxylic acids is 2. The van der Waals surface area contributed by atoms with E-state index in [-0.39, 0.29) is 16.4 Å². The van der Waals surface area contributed by atoms with E-state index in [9.17, 15) is 18.4 Å². The predicted molar refractivity (Wildman–Crippen MR) is 67.7 cm³/mol. The maximum Gasteiger partial charge on any atom is 0.343 e. The molecule has 0 atom stereocenters. The highest BCUT2D eigenvalue weighted by Crippen LogP contribution is 2.16. The molecule has 0 saturated heterocycles. The van der Waals surface area contributed by atoms with E-state index in [1.165, 1.54) is 6.92 Å². The summed E-state index contributed by atoms with van der Waals surface area (Å²) in [6.07, 6.45) is 0. The molecule has 3 nitrogen and oxygen atoms in total. The average molecular weight is 284 g/mol. The Morgan fingerprint density at radius 2 is 1.89 bits per heavy atom. The van der Waals surface area contributed by atoms with Crippen LogP contribution in [0.3, 0.4) is 0 Å². The standard InChI is InChI=1S/C13H10F2O3S/c1-8(16)19-5-3-4-9-6-10(14)12(11(15)7-9)13(17)18-2/h6-7H,5H2,1-2H3. The van der Waals surface area contributed by atoms with E-state index in [1.807, 2.05) is 0 Å². The maximum atomic E-state index is 13.5. The molecule has 0 bridgehead atoms. The lowest BCUT2D eigenvalue weighted by atomic mass is 10.1. The molecule has 1 aromatic rings. The van der Waals surface area contributed by atoms with Crippen molar-refractivity contribution < 1.29 is 23.1 Å².